The van der Waals surface area contributed by atoms with Crippen LogP contribution in [0.15, 0.2) is 30.3 Å². The molecule has 0 radical (unpaired) electrons. The van der Waals surface area contributed by atoms with Crippen LogP contribution in [0.25, 0.3) is 0 Å². The zero-order chi connectivity index (χ0) is 10.3. The largest absolute Gasteiger partial charge is 0.490 e. The van der Waals surface area contributed by atoms with Gasteiger partial charge in [-0.1, -0.05) is 18.2 Å². The van der Waals surface area contributed by atoms with Crippen molar-refractivity contribution in [1.82, 2.24) is 0 Å². The van der Waals surface area contributed by atoms with Gasteiger partial charge in [0.2, 0.25) is 0 Å². The number of aliphatic hydroxyl groups excluding tert-OH is 1. The van der Waals surface area contributed by atoms with Gasteiger partial charge in [0.15, 0.2) is 0 Å². The second-order valence-electron chi connectivity index (χ2n) is 4.76. The summed E-state index contributed by atoms with van der Waals surface area (Å²) in [6.07, 6.45) is 3.38. The molecule has 3 rings (SSSR count). The Labute approximate surface area is 89.9 Å². The molecule has 2 aliphatic carbocycles. The first-order valence-corrected chi connectivity index (χ1v) is 5.72. The SMILES string of the molecule is OC1CC2CC1CC2Oc1ccccc1. The van der Waals surface area contributed by atoms with E-state index in [1.807, 2.05) is 30.3 Å². The van der Waals surface area contributed by atoms with Crippen LogP contribution in [-0.4, -0.2) is 17.3 Å². The lowest BCUT2D eigenvalue weighted by Crippen LogP contribution is -2.29. The molecular formula is C13H16O2. The van der Waals surface area contributed by atoms with E-state index >= 15 is 0 Å². The van der Waals surface area contributed by atoms with Crippen LogP contribution < -0.4 is 4.74 Å². The van der Waals surface area contributed by atoms with Gasteiger partial charge in [0.1, 0.15) is 11.9 Å². The number of hydrogen-bond donors (Lipinski definition) is 1. The van der Waals surface area contributed by atoms with Crippen LogP contribution in [0.3, 0.4) is 0 Å². The fourth-order valence-electron chi connectivity index (χ4n) is 3.01. The molecule has 2 fully saturated rings. The van der Waals surface area contributed by atoms with Crippen LogP contribution in [-0.2, 0) is 0 Å². The van der Waals surface area contributed by atoms with E-state index in [0.717, 1.165) is 25.0 Å². The molecule has 0 spiro atoms. The Balaban J connectivity index is 1.67. The van der Waals surface area contributed by atoms with Gasteiger partial charge in [0, 0.05) is 0 Å². The molecule has 2 nitrogen and oxygen atoms in total. The quantitative estimate of drug-likeness (QED) is 0.800. The number of hydrogen-bond acceptors (Lipinski definition) is 2. The van der Waals surface area contributed by atoms with Gasteiger partial charge in [0.05, 0.1) is 6.10 Å². The number of fused-ring (bicyclic) bond motifs is 2. The highest BCUT2D eigenvalue weighted by Gasteiger charge is 2.46. The third-order valence-corrected chi connectivity index (χ3v) is 3.79. The van der Waals surface area contributed by atoms with Crippen LogP contribution >= 0.6 is 0 Å². The van der Waals surface area contributed by atoms with Gasteiger partial charge in [-0.05, 0) is 43.2 Å². The van der Waals surface area contributed by atoms with Gasteiger partial charge in [-0.25, -0.2) is 0 Å². The molecule has 4 atom stereocenters. The molecule has 2 bridgehead atoms. The maximum absolute atomic E-state index is 9.65. The van der Waals surface area contributed by atoms with E-state index in [-0.39, 0.29) is 6.10 Å². The number of ether oxygens (including phenoxy) is 1. The Morgan fingerprint density at radius 2 is 1.80 bits per heavy atom. The van der Waals surface area contributed by atoms with Crippen molar-refractivity contribution < 1.29 is 9.84 Å². The summed E-state index contributed by atoms with van der Waals surface area (Å²) in [5, 5.41) is 9.65. The molecule has 2 saturated carbocycles. The average Bonchev–Trinajstić information content (AvgIpc) is 2.78. The zero-order valence-corrected chi connectivity index (χ0v) is 8.67. The van der Waals surface area contributed by atoms with Crippen molar-refractivity contribution in [3.63, 3.8) is 0 Å². The molecule has 15 heavy (non-hydrogen) atoms. The Hall–Kier alpha value is -1.02. The molecule has 0 aliphatic heterocycles. The summed E-state index contributed by atoms with van der Waals surface area (Å²) >= 11 is 0. The highest BCUT2D eigenvalue weighted by atomic mass is 16.5. The lowest BCUT2D eigenvalue weighted by atomic mass is 9.95. The van der Waals surface area contributed by atoms with Crippen LogP contribution in [0, 0.1) is 11.8 Å². The first-order chi connectivity index (χ1) is 7.33. The highest BCUT2D eigenvalue weighted by molar-refractivity contribution is 5.21. The predicted octanol–water partition coefficient (Wildman–Crippen LogP) is 2.22. The Kier molecular flexibility index (Phi) is 2.17. The molecule has 0 aromatic heterocycles. The summed E-state index contributed by atoms with van der Waals surface area (Å²) in [7, 11) is 0. The number of benzene rings is 1. The van der Waals surface area contributed by atoms with Crippen molar-refractivity contribution in [3.05, 3.63) is 30.3 Å². The minimum Gasteiger partial charge on any atom is -0.490 e. The summed E-state index contributed by atoms with van der Waals surface area (Å²) in [6, 6.07) is 10.00. The fraction of sp³-hybridized carbons (Fsp3) is 0.538. The maximum atomic E-state index is 9.65. The van der Waals surface area contributed by atoms with E-state index in [0.29, 0.717) is 17.9 Å². The summed E-state index contributed by atoms with van der Waals surface area (Å²) < 4.78 is 5.95. The second-order valence-corrected chi connectivity index (χ2v) is 4.76. The minimum absolute atomic E-state index is 0.0642. The van der Waals surface area contributed by atoms with E-state index in [2.05, 4.69) is 0 Å². The summed E-state index contributed by atoms with van der Waals surface area (Å²) in [4.78, 5) is 0. The normalized spacial score (nSPS) is 38.2. The molecule has 0 saturated heterocycles. The van der Waals surface area contributed by atoms with Crippen LogP contribution in [0.1, 0.15) is 19.3 Å². The van der Waals surface area contributed by atoms with E-state index in [4.69, 9.17) is 4.74 Å². The molecule has 4 unspecified atom stereocenters. The van der Waals surface area contributed by atoms with Gasteiger partial charge in [-0.2, -0.15) is 0 Å². The minimum atomic E-state index is -0.0642. The Morgan fingerprint density at radius 1 is 1.00 bits per heavy atom. The molecule has 1 aromatic rings. The van der Waals surface area contributed by atoms with Crippen molar-refractivity contribution in [1.29, 1.82) is 0 Å². The fourth-order valence-corrected chi connectivity index (χ4v) is 3.01. The lowest BCUT2D eigenvalue weighted by molar-refractivity contribution is 0.0570. The molecule has 2 heteroatoms. The lowest BCUT2D eigenvalue weighted by Gasteiger charge is -2.25. The van der Waals surface area contributed by atoms with Gasteiger partial charge < -0.3 is 9.84 Å². The molecule has 80 valence electrons. The van der Waals surface area contributed by atoms with E-state index in [1.165, 1.54) is 0 Å². The third-order valence-electron chi connectivity index (χ3n) is 3.79. The van der Waals surface area contributed by atoms with Crippen molar-refractivity contribution in [2.24, 2.45) is 11.8 Å². The molecule has 0 amide bonds. The molecule has 2 aliphatic rings. The first kappa shape index (κ1) is 9.22. The monoisotopic (exact) mass is 204 g/mol. The summed E-state index contributed by atoms with van der Waals surface area (Å²) in [5.74, 6) is 2.03. The van der Waals surface area contributed by atoms with Crippen molar-refractivity contribution >= 4 is 0 Å². The molecule has 1 aromatic carbocycles. The third kappa shape index (κ3) is 1.63. The summed E-state index contributed by atoms with van der Waals surface area (Å²) in [5.41, 5.74) is 0. The van der Waals surface area contributed by atoms with Gasteiger partial charge in [-0.3, -0.25) is 0 Å². The smallest absolute Gasteiger partial charge is 0.119 e. The van der Waals surface area contributed by atoms with Crippen LogP contribution in [0.4, 0.5) is 0 Å². The molecule has 1 N–H and O–H groups in total. The molecule has 0 heterocycles. The zero-order valence-electron chi connectivity index (χ0n) is 8.67. The van der Waals surface area contributed by atoms with Crippen molar-refractivity contribution in [3.8, 4) is 5.75 Å². The number of para-hydroxylation sites is 1. The average molecular weight is 204 g/mol. The van der Waals surface area contributed by atoms with Gasteiger partial charge >= 0.3 is 0 Å². The predicted molar refractivity (Wildman–Crippen MR) is 57.7 cm³/mol. The van der Waals surface area contributed by atoms with E-state index in [9.17, 15) is 5.11 Å². The highest BCUT2D eigenvalue weighted by Crippen LogP contribution is 2.46. The Bertz CT molecular complexity index is 334. The van der Waals surface area contributed by atoms with Gasteiger partial charge in [-0.15, -0.1) is 0 Å². The summed E-state index contributed by atoms with van der Waals surface area (Å²) in [6.45, 7) is 0. The van der Waals surface area contributed by atoms with Gasteiger partial charge in [0.25, 0.3) is 0 Å². The molecular weight excluding hydrogens is 188 g/mol. The maximum Gasteiger partial charge on any atom is 0.119 e. The second kappa shape index (κ2) is 3.53. The van der Waals surface area contributed by atoms with E-state index in [1.54, 1.807) is 0 Å². The van der Waals surface area contributed by atoms with Crippen LogP contribution in [0.2, 0.25) is 0 Å². The Morgan fingerprint density at radius 3 is 2.40 bits per heavy atom. The van der Waals surface area contributed by atoms with E-state index < -0.39 is 0 Å². The van der Waals surface area contributed by atoms with Crippen molar-refractivity contribution in [2.75, 3.05) is 0 Å². The standard InChI is InChI=1S/C13H16O2/c14-12-7-10-6-9(12)8-13(10)15-11-4-2-1-3-5-11/h1-5,9-10,12-14H,6-8H2. The number of rotatable bonds is 2. The first-order valence-electron chi connectivity index (χ1n) is 5.72. The van der Waals surface area contributed by atoms with Crippen molar-refractivity contribution in [2.45, 2.75) is 31.5 Å². The topological polar surface area (TPSA) is 29.5 Å². The van der Waals surface area contributed by atoms with Crippen LogP contribution in [0.5, 0.6) is 5.75 Å². The number of aliphatic hydroxyl groups is 1.